The predicted octanol–water partition coefficient (Wildman–Crippen LogP) is 14.5. The van der Waals surface area contributed by atoms with Gasteiger partial charge in [-0.1, -0.05) is 0 Å². The standard InChI is InChI=1S/C26H36F24O12Si8.C9H19F3O3Si/c27-19(28,29)1-9-63-17-51-65(11-3-21(33,34)35)59-69(15-7-25(45,46)47)55-64(10-2-20(30,31)32)18-52-66(12-4-22(36,37)38,57-67(53-63,61-69)13-5-23(39,40)41)58-68(54-63,14-6-24(42,43)44)62-70(56-64,60-65)16-8-26(48,49)50;1-4-13-16(14-5-2,15-6-3)8-7-9(10,11)12/h1-18H2;4-8H2,1-3H3. The Morgan fingerprint density at radius 3 is 0.651 bits per heavy atom. The lowest BCUT2D eigenvalue weighted by atomic mass is 10.5. The lowest BCUT2D eigenvalue weighted by molar-refractivity contribution is -0.135. The Kier molecular flexibility index (Phi) is 25.2. The Balaban J connectivity index is 0.000000861. The van der Waals surface area contributed by atoms with Crippen molar-refractivity contribution in [1.82, 2.24) is 0 Å². The molecule has 0 spiro atoms. The van der Waals surface area contributed by atoms with Crippen molar-refractivity contribution < 1.29 is 182 Å². The molecule has 6 aliphatic rings. The molecule has 86 heavy (non-hydrogen) atoms. The minimum absolute atomic E-state index is 0.216. The third-order valence-electron chi connectivity index (χ3n) is 11.9. The smallest absolute Gasteiger partial charge is 0.393 e. The molecule has 0 aromatic rings. The van der Waals surface area contributed by atoms with E-state index in [1.807, 2.05) is 0 Å². The summed E-state index contributed by atoms with van der Waals surface area (Å²) in [5, 5.41) is 0. The second-order valence-electron chi connectivity index (χ2n) is 19.5. The maximum absolute atomic E-state index is 14.3. The molecular weight excluding hydrogens is 1430 g/mol. The summed E-state index contributed by atoms with van der Waals surface area (Å²) < 4.78 is 466. The predicted molar refractivity (Wildman–Crippen MR) is 249 cm³/mol. The highest BCUT2D eigenvalue weighted by atomic mass is 28.6. The van der Waals surface area contributed by atoms with Crippen molar-refractivity contribution in [2.45, 2.75) is 189 Å². The monoisotopic (exact) mass is 1480 g/mol. The number of hydrogen-bond acceptors (Lipinski definition) is 15. The molecule has 0 amide bonds. The van der Waals surface area contributed by atoms with Gasteiger partial charge in [-0.05, 0) is 20.8 Å². The highest BCUT2D eigenvalue weighted by Crippen LogP contribution is 2.54. The molecule has 4 unspecified atom stereocenters. The third-order valence-corrected chi connectivity index (χ3v) is 50.9. The van der Waals surface area contributed by atoms with E-state index in [9.17, 15) is 119 Å². The largest absolute Gasteiger partial charge is 0.501 e. The van der Waals surface area contributed by atoms with Crippen LogP contribution in [0.25, 0.3) is 0 Å². The normalized spacial score (nSPS) is 31.7. The molecule has 4 atom stereocenters. The maximum atomic E-state index is 14.3. The van der Waals surface area contributed by atoms with Crippen molar-refractivity contribution in [3.05, 3.63) is 0 Å². The molecule has 6 heterocycles. The third kappa shape index (κ3) is 25.7. The number of alkyl halides is 27. The first-order chi connectivity index (χ1) is 38.5. The summed E-state index contributed by atoms with van der Waals surface area (Å²) in [5.74, 6) is 0. The van der Waals surface area contributed by atoms with Crippen LogP contribution in [0.15, 0.2) is 0 Å². The molecule has 0 saturated carbocycles. The van der Waals surface area contributed by atoms with Gasteiger partial charge in [0.1, 0.15) is 0 Å². The lowest BCUT2D eigenvalue weighted by Crippen LogP contribution is -2.78. The van der Waals surface area contributed by atoms with Crippen LogP contribution in [-0.2, 0) is 63.3 Å². The molecule has 510 valence electrons. The van der Waals surface area contributed by atoms with Crippen molar-refractivity contribution in [3.8, 4) is 0 Å². The van der Waals surface area contributed by atoms with Crippen LogP contribution in [0.1, 0.15) is 78.6 Å². The van der Waals surface area contributed by atoms with Gasteiger partial charge in [0.25, 0.3) is 0 Å². The van der Waals surface area contributed by atoms with E-state index in [0.29, 0.717) is 19.8 Å². The van der Waals surface area contributed by atoms with Crippen LogP contribution in [0.3, 0.4) is 0 Å². The van der Waals surface area contributed by atoms with E-state index in [1.165, 1.54) is 0 Å². The van der Waals surface area contributed by atoms with Crippen molar-refractivity contribution in [2.75, 3.05) is 32.3 Å². The summed E-state index contributed by atoms with van der Waals surface area (Å²) >= 11 is 0. The fourth-order valence-electron chi connectivity index (χ4n) is 8.60. The van der Waals surface area contributed by atoms with E-state index in [-0.39, 0.29) is 6.04 Å². The maximum Gasteiger partial charge on any atom is 0.501 e. The molecule has 15 nitrogen and oxygen atoms in total. The number of hydrogen-bond donors (Lipinski definition) is 0. The minimum Gasteiger partial charge on any atom is -0.393 e. The van der Waals surface area contributed by atoms with Crippen LogP contribution in [0, 0.1) is 0 Å². The fraction of sp³-hybridized carbons (Fsp3) is 1.00. The highest BCUT2D eigenvalue weighted by Gasteiger charge is 2.80. The summed E-state index contributed by atoms with van der Waals surface area (Å²) in [6.07, 6.45) is -73.0. The molecule has 0 radical (unpaired) electrons. The molecular formula is C35H55F27O15Si9. The molecule has 8 bridgehead atoms. The topological polar surface area (TPSA) is 138 Å². The molecule has 0 aromatic heterocycles. The number of halogens is 27. The van der Waals surface area contributed by atoms with Gasteiger partial charge in [-0.25, -0.2) is 0 Å². The fourth-order valence-corrected chi connectivity index (χ4v) is 59.3. The first-order valence-electron chi connectivity index (χ1n) is 25.3. The van der Waals surface area contributed by atoms with Crippen LogP contribution in [-0.4, -0.2) is 167 Å². The van der Waals surface area contributed by atoms with E-state index < -0.39 is 253 Å². The van der Waals surface area contributed by atoms with Crippen molar-refractivity contribution in [2.24, 2.45) is 0 Å². The Bertz CT molecular complexity index is 1860. The molecule has 6 rings (SSSR count). The Hall–Kier alpha value is -0.538. The summed E-state index contributed by atoms with van der Waals surface area (Å²) in [6, 6.07) is -16.6. The Morgan fingerprint density at radius 1 is 0.267 bits per heavy atom. The first kappa shape index (κ1) is 77.9. The minimum atomic E-state index is -6.72. The molecule has 6 saturated heterocycles. The Labute approximate surface area is 480 Å². The summed E-state index contributed by atoms with van der Waals surface area (Å²) in [4.78, 5) is 0. The number of fused-ring (bicyclic) bond motifs is 2. The van der Waals surface area contributed by atoms with E-state index in [4.69, 9.17) is 63.3 Å². The summed E-state index contributed by atoms with van der Waals surface area (Å²) in [5.41, 5.74) is 0. The quantitative estimate of drug-likeness (QED) is 0.0669. The highest BCUT2D eigenvalue weighted by molar-refractivity contribution is 7.00. The second kappa shape index (κ2) is 27.8. The van der Waals surface area contributed by atoms with Crippen molar-refractivity contribution in [1.29, 1.82) is 0 Å². The molecule has 51 heteroatoms. The van der Waals surface area contributed by atoms with Crippen molar-refractivity contribution >= 4 is 78.8 Å². The van der Waals surface area contributed by atoms with Gasteiger partial charge < -0.3 is 63.3 Å². The zero-order valence-electron chi connectivity index (χ0n) is 44.6. The van der Waals surface area contributed by atoms with Crippen LogP contribution < -0.4 is 0 Å². The zero-order chi connectivity index (χ0) is 65.9. The van der Waals surface area contributed by atoms with E-state index in [2.05, 4.69) is 0 Å². The molecule has 6 aliphatic heterocycles. The molecule has 0 N–H and O–H groups in total. The van der Waals surface area contributed by atoms with Crippen LogP contribution in [0.2, 0.25) is 54.4 Å². The van der Waals surface area contributed by atoms with Gasteiger partial charge in [0.05, 0.1) is 12.5 Å². The van der Waals surface area contributed by atoms with Gasteiger partial charge in [-0.15, -0.1) is 0 Å². The second-order valence-corrected chi connectivity index (χ2v) is 47.4. The van der Waals surface area contributed by atoms with E-state index in [0.717, 1.165) is 0 Å². The molecule has 6 fully saturated rings. The van der Waals surface area contributed by atoms with Crippen LogP contribution in [0.5, 0.6) is 0 Å². The van der Waals surface area contributed by atoms with E-state index in [1.54, 1.807) is 20.8 Å². The zero-order valence-corrected chi connectivity index (χ0v) is 53.6. The van der Waals surface area contributed by atoms with Crippen LogP contribution >= 0.6 is 0 Å². The van der Waals surface area contributed by atoms with Crippen LogP contribution in [0.4, 0.5) is 119 Å². The van der Waals surface area contributed by atoms with Gasteiger partial charge in [-0.2, -0.15) is 119 Å². The van der Waals surface area contributed by atoms with Gasteiger partial charge in [-0.3, -0.25) is 0 Å². The summed E-state index contributed by atoms with van der Waals surface area (Å²) in [7, 11) is -55.6. The SMILES string of the molecule is CCO[Si](CCC(F)(F)F)(OCC)OCC.FC(F)(F)CC[Si]12CO[Si]3(CCC(F)(F)F)O[Si]4(CCC(F)(F)F)O[Si]5(CCC(F)(F)F)CO[Si](CCC(F)(F)F)(O[Si](CCC(F)(F)F)(O1)O4)O[Si](CCC(F)(F)F)(O2)O[Si](CCC(F)(F)F)(O5)O3. The lowest BCUT2D eigenvalue weighted by Gasteiger charge is -2.54. The van der Waals surface area contributed by atoms with Gasteiger partial charge in [0, 0.05) is 132 Å². The average Bonchev–Trinajstić information content (AvgIpc) is 1.42. The summed E-state index contributed by atoms with van der Waals surface area (Å²) in [6.45, 7) is 6.03. The van der Waals surface area contributed by atoms with Crippen molar-refractivity contribution in [3.63, 3.8) is 0 Å². The van der Waals surface area contributed by atoms with Gasteiger partial charge >= 0.3 is 134 Å². The first-order valence-corrected chi connectivity index (χ1v) is 43.3. The van der Waals surface area contributed by atoms with Gasteiger partial charge in [0.15, 0.2) is 0 Å². The Morgan fingerprint density at radius 2 is 0.453 bits per heavy atom. The van der Waals surface area contributed by atoms with Gasteiger partial charge in [0.2, 0.25) is 0 Å². The molecule has 0 aliphatic carbocycles. The molecule has 0 aromatic carbocycles. The average molecular weight is 1480 g/mol. The van der Waals surface area contributed by atoms with E-state index >= 15 is 0 Å². The number of rotatable bonds is 24.